The fourth-order valence-electron chi connectivity index (χ4n) is 0.513. The van der Waals surface area contributed by atoms with Crippen LogP contribution in [0.4, 0.5) is 0 Å². The Balaban J connectivity index is 4.80. The van der Waals surface area contributed by atoms with Gasteiger partial charge in [-0.1, -0.05) is 0 Å². The van der Waals surface area contributed by atoms with Crippen molar-refractivity contribution < 1.29 is 22.8 Å². The second kappa shape index (κ2) is 3.08. The van der Waals surface area contributed by atoms with E-state index in [0.717, 1.165) is 20.1 Å². The molecule has 0 aromatic rings. The number of sulfonamides is 1. The average molecular weight is 217 g/mol. The molecule has 3 N–H and O–H groups in total. The summed E-state index contributed by atoms with van der Waals surface area (Å²) in [6.45, 7) is 2.24. The molecule has 0 atom stereocenters. The van der Waals surface area contributed by atoms with Gasteiger partial charge in [0.1, 0.15) is 5.28 Å². The minimum absolute atomic E-state index is 0.838. The van der Waals surface area contributed by atoms with E-state index in [4.69, 9.17) is 9.79 Å². The summed E-state index contributed by atoms with van der Waals surface area (Å²) in [5.41, 5.74) is 0. The molecule has 0 fully saturated rings. The molecule has 0 saturated carbocycles. The fraction of sp³-hybridized carbons (Fsp3) is 1.00. The van der Waals surface area contributed by atoms with Crippen LogP contribution >= 0.6 is 7.60 Å². The Morgan fingerprint density at radius 1 is 1.33 bits per heavy atom. The second-order valence-corrected chi connectivity index (χ2v) is 6.93. The van der Waals surface area contributed by atoms with Gasteiger partial charge in [-0.15, -0.1) is 0 Å². The van der Waals surface area contributed by atoms with Gasteiger partial charge in [-0.3, -0.25) is 4.57 Å². The van der Waals surface area contributed by atoms with Gasteiger partial charge < -0.3 is 9.79 Å². The van der Waals surface area contributed by atoms with Gasteiger partial charge in [0.2, 0.25) is 10.0 Å². The van der Waals surface area contributed by atoms with E-state index in [9.17, 15) is 13.0 Å². The van der Waals surface area contributed by atoms with E-state index < -0.39 is 22.9 Å². The number of nitrogens with one attached hydrogen (secondary N) is 1. The van der Waals surface area contributed by atoms with Gasteiger partial charge in [0.15, 0.2) is 0 Å². The molecule has 0 unspecified atom stereocenters. The number of hydrogen-bond acceptors (Lipinski definition) is 3. The molecule has 0 rings (SSSR count). The normalized spacial score (nSPS) is 14.8. The van der Waals surface area contributed by atoms with Crippen molar-refractivity contribution in [2.45, 2.75) is 19.1 Å². The Bertz CT molecular complexity index is 301. The third-order valence-electron chi connectivity index (χ3n) is 1.16. The first kappa shape index (κ1) is 12.1. The third-order valence-corrected chi connectivity index (χ3v) is 3.76. The van der Waals surface area contributed by atoms with E-state index in [0.29, 0.717) is 0 Å². The van der Waals surface area contributed by atoms with Crippen LogP contribution in [0.25, 0.3) is 0 Å². The minimum atomic E-state index is -4.46. The largest absolute Gasteiger partial charge is 0.345 e. The predicted molar refractivity (Wildman–Crippen MR) is 44.1 cm³/mol. The van der Waals surface area contributed by atoms with Gasteiger partial charge in [0.25, 0.3) is 0 Å². The summed E-state index contributed by atoms with van der Waals surface area (Å²) >= 11 is 0. The summed E-state index contributed by atoms with van der Waals surface area (Å²) in [4.78, 5) is 17.4. The van der Waals surface area contributed by atoms with Crippen LogP contribution in [0.2, 0.25) is 0 Å². The van der Waals surface area contributed by atoms with Gasteiger partial charge in [-0.05, 0) is 13.8 Å². The zero-order chi connectivity index (χ0) is 10.2. The molecule has 0 radical (unpaired) electrons. The lowest BCUT2D eigenvalue weighted by Crippen LogP contribution is -2.42. The van der Waals surface area contributed by atoms with Gasteiger partial charge in [-0.2, -0.15) is 4.72 Å². The highest BCUT2D eigenvalue weighted by molar-refractivity contribution is 7.89. The lowest BCUT2D eigenvalue weighted by molar-refractivity contribution is 0.330. The van der Waals surface area contributed by atoms with Crippen molar-refractivity contribution in [2.75, 3.05) is 6.26 Å². The Kier molecular flexibility index (Phi) is 3.10. The SMILES string of the molecule is CC(C)(NS(C)(=O)=O)P(=O)(O)O. The van der Waals surface area contributed by atoms with Gasteiger partial charge >= 0.3 is 7.60 Å². The van der Waals surface area contributed by atoms with Crippen LogP contribution in [0.15, 0.2) is 0 Å². The minimum Gasteiger partial charge on any atom is -0.323 e. The maximum atomic E-state index is 10.7. The molecule has 6 nitrogen and oxygen atoms in total. The van der Waals surface area contributed by atoms with Crippen molar-refractivity contribution in [1.82, 2.24) is 4.72 Å². The third kappa shape index (κ3) is 3.64. The van der Waals surface area contributed by atoms with Gasteiger partial charge in [0.05, 0.1) is 6.26 Å². The molecule has 0 aromatic heterocycles. The quantitative estimate of drug-likeness (QED) is 0.550. The van der Waals surface area contributed by atoms with Crippen molar-refractivity contribution >= 4 is 17.6 Å². The summed E-state index contributed by atoms with van der Waals surface area (Å²) in [6.07, 6.45) is 0.838. The Morgan fingerprint density at radius 3 is 1.75 bits per heavy atom. The standard InChI is InChI=1S/C4H12NO5PS/c1-4(2,11(6,7)8)5-12(3,9)10/h5H,1-3H3,(H2,6,7,8). The zero-order valence-electron chi connectivity index (χ0n) is 6.97. The van der Waals surface area contributed by atoms with Crippen molar-refractivity contribution in [3.63, 3.8) is 0 Å². The van der Waals surface area contributed by atoms with Crippen LogP contribution in [0.5, 0.6) is 0 Å². The van der Waals surface area contributed by atoms with Crippen molar-refractivity contribution in [2.24, 2.45) is 0 Å². The smallest absolute Gasteiger partial charge is 0.323 e. The highest BCUT2D eigenvalue weighted by atomic mass is 32.2. The number of rotatable bonds is 3. The Labute approximate surface area is 71.2 Å². The van der Waals surface area contributed by atoms with Crippen molar-refractivity contribution in [1.29, 1.82) is 0 Å². The molecule has 0 aliphatic carbocycles. The van der Waals surface area contributed by atoms with Gasteiger partial charge in [0, 0.05) is 0 Å². The van der Waals surface area contributed by atoms with Gasteiger partial charge in [-0.25, -0.2) is 8.42 Å². The maximum absolute atomic E-state index is 10.7. The molecule has 0 aliphatic heterocycles. The molecule has 12 heavy (non-hydrogen) atoms. The molecule has 0 heterocycles. The molecule has 0 amide bonds. The van der Waals surface area contributed by atoms with Crippen LogP contribution in [0.1, 0.15) is 13.8 Å². The molecular weight excluding hydrogens is 205 g/mol. The lowest BCUT2D eigenvalue weighted by Gasteiger charge is -2.25. The molecule has 0 spiro atoms. The van der Waals surface area contributed by atoms with Crippen LogP contribution < -0.4 is 4.72 Å². The molecule has 74 valence electrons. The first-order valence-corrected chi connectivity index (χ1v) is 6.51. The van der Waals surface area contributed by atoms with E-state index in [1.54, 1.807) is 0 Å². The summed E-state index contributed by atoms with van der Waals surface area (Å²) < 4.78 is 33.8. The van der Waals surface area contributed by atoms with E-state index >= 15 is 0 Å². The summed E-state index contributed by atoms with van der Waals surface area (Å²) in [5, 5.41) is -1.75. The molecule has 0 aromatic carbocycles. The summed E-state index contributed by atoms with van der Waals surface area (Å²) in [5.74, 6) is 0. The molecule has 8 heteroatoms. The van der Waals surface area contributed by atoms with E-state index in [-0.39, 0.29) is 0 Å². The molecule has 0 aliphatic rings. The topological polar surface area (TPSA) is 104 Å². The van der Waals surface area contributed by atoms with Crippen molar-refractivity contribution in [3.05, 3.63) is 0 Å². The molecular formula is C4H12NO5PS. The number of hydrogen-bond donors (Lipinski definition) is 3. The first-order chi connectivity index (χ1) is 4.96. The van der Waals surface area contributed by atoms with Crippen molar-refractivity contribution in [3.8, 4) is 0 Å². The highest BCUT2D eigenvalue weighted by Crippen LogP contribution is 2.48. The molecule has 0 bridgehead atoms. The van der Waals surface area contributed by atoms with Crippen LogP contribution in [-0.2, 0) is 14.6 Å². The second-order valence-electron chi connectivity index (χ2n) is 2.98. The van der Waals surface area contributed by atoms with Crippen LogP contribution in [0, 0.1) is 0 Å². The predicted octanol–water partition coefficient (Wildman–Crippen LogP) is -0.551. The Hall–Kier alpha value is 0.0600. The monoisotopic (exact) mass is 217 g/mol. The zero-order valence-corrected chi connectivity index (χ0v) is 8.69. The summed E-state index contributed by atoms with van der Waals surface area (Å²) in [6, 6.07) is 0. The van der Waals surface area contributed by atoms with E-state index in [2.05, 4.69) is 0 Å². The van der Waals surface area contributed by atoms with Crippen LogP contribution in [0.3, 0.4) is 0 Å². The Morgan fingerprint density at radius 2 is 1.67 bits per heavy atom. The fourth-order valence-corrected chi connectivity index (χ4v) is 2.39. The van der Waals surface area contributed by atoms with Crippen LogP contribution in [-0.4, -0.2) is 29.7 Å². The van der Waals surface area contributed by atoms with E-state index in [1.807, 2.05) is 4.72 Å². The first-order valence-electron chi connectivity index (χ1n) is 3.00. The lowest BCUT2D eigenvalue weighted by atomic mass is 10.4. The summed E-state index contributed by atoms with van der Waals surface area (Å²) in [7, 11) is -8.06. The molecule has 0 saturated heterocycles. The highest BCUT2D eigenvalue weighted by Gasteiger charge is 2.39. The van der Waals surface area contributed by atoms with E-state index in [1.165, 1.54) is 0 Å². The average Bonchev–Trinajstić information content (AvgIpc) is 1.52. The maximum Gasteiger partial charge on any atom is 0.345 e.